The standard InChI is InChI=1S/C16H26N2O4S2/c1-2-23(19,20)14-9-6-10-15(11-14)24(21,22)18-16(12-17)13-7-4-3-5-8-13/h6,9-11,13,16,18H,2-5,7-8,12,17H2,1H3. The van der Waals surface area contributed by atoms with Crippen LogP contribution >= 0.6 is 0 Å². The first-order valence-corrected chi connectivity index (χ1v) is 11.5. The van der Waals surface area contributed by atoms with E-state index < -0.39 is 19.9 Å². The van der Waals surface area contributed by atoms with Gasteiger partial charge in [-0.15, -0.1) is 0 Å². The summed E-state index contributed by atoms with van der Waals surface area (Å²) in [6, 6.07) is 5.18. The first-order valence-electron chi connectivity index (χ1n) is 8.35. The summed E-state index contributed by atoms with van der Waals surface area (Å²) in [6.45, 7) is 1.76. The van der Waals surface area contributed by atoms with E-state index in [1.807, 2.05) is 0 Å². The van der Waals surface area contributed by atoms with E-state index in [4.69, 9.17) is 5.73 Å². The van der Waals surface area contributed by atoms with Gasteiger partial charge in [-0.2, -0.15) is 0 Å². The van der Waals surface area contributed by atoms with Gasteiger partial charge in [0.15, 0.2) is 9.84 Å². The van der Waals surface area contributed by atoms with Gasteiger partial charge in [0, 0.05) is 12.6 Å². The molecule has 0 aromatic heterocycles. The fourth-order valence-corrected chi connectivity index (χ4v) is 5.51. The Morgan fingerprint density at radius 3 is 2.33 bits per heavy atom. The van der Waals surface area contributed by atoms with E-state index in [1.165, 1.54) is 37.6 Å². The third-order valence-electron chi connectivity index (χ3n) is 4.63. The average molecular weight is 375 g/mol. The van der Waals surface area contributed by atoms with Gasteiger partial charge in [0.2, 0.25) is 10.0 Å². The van der Waals surface area contributed by atoms with Gasteiger partial charge in [-0.1, -0.05) is 32.3 Å². The van der Waals surface area contributed by atoms with Gasteiger partial charge >= 0.3 is 0 Å². The number of benzene rings is 1. The highest BCUT2D eigenvalue weighted by Gasteiger charge is 2.28. The second-order valence-corrected chi connectivity index (χ2v) is 10.2. The van der Waals surface area contributed by atoms with Crippen LogP contribution in [0.5, 0.6) is 0 Å². The monoisotopic (exact) mass is 374 g/mol. The molecule has 6 nitrogen and oxygen atoms in total. The van der Waals surface area contributed by atoms with Gasteiger partial charge in [-0.25, -0.2) is 21.6 Å². The lowest BCUT2D eigenvalue weighted by molar-refractivity contribution is 0.294. The van der Waals surface area contributed by atoms with Crippen LogP contribution in [-0.4, -0.2) is 35.2 Å². The van der Waals surface area contributed by atoms with Crippen LogP contribution in [-0.2, 0) is 19.9 Å². The summed E-state index contributed by atoms with van der Waals surface area (Å²) in [5, 5.41) is 0. The molecule has 1 aromatic rings. The minimum Gasteiger partial charge on any atom is -0.329 e. The molecular weight excluding hydrogens is 348 g/mol. The Balaban J connectivity index is 2.24. The van der Waals surface area contributed by atoms with E-state index >= 15 is 0 Å². The zero-order valence-electron chi connectivity index (χ0n) is 13.9. The molecule has 0 bridgehead atoms. The van der Waals surface area contributed by atoms with E-state index in [9.17, 15) is 16.8 Å². The predicted octanol–water partition coefficient (Wildman–Crippen LogP) is 1.67. The highest BCUT2D eigenvalue weighted by Crippen LogP contribution is 2.27. The molecule has 24 heavy (non-hydrogen) atoms. The van der Waals surface area contributed by atoms with E-state index in [0.717, 1.165) is 25.7 Å². The van der Waals surface area contributed by atoms with Gasteiger partial charge in [-0.05, 0) is 37.0 Å². The number of rotatable bonds is 7. The summed E-state index contributed by atoms with van der Waals surface area (Å²) in [5.74, 6) is 0.165. The first-order chi connectivity index (χ1) is 11.3. The molecule has 0 saturated heterocycles. The average Bonchev–Trinajstić information content (AvgIpc) is 2.60. The molecule has 0 spiro atoms. The molecule has 1 unspecified atom stereocenters. The lowest BCUT2D eigenvalue weighted by Crippen LogP contribution is -2.45. The molecule has 2 rings (SSSR count). The second kappa shape index (κ2) is 7.95. The molecule has 0 aliphatic heterocycles. The number of hydrogen-bond acceptors (Lipinski definition) is 5. The number of hydrogen-bond donors (Lipinski definition) is 2. The highest BCUT2D eigenvalue weighted by molar-refractivity contribution is 7.91. The number of nitrogens with one attached hydrogen (secondary N) is 1. The molecule has 3 N–H and O–H groups in total. The zero-order chi connectivity index (χ0) is 17.8. The molecule has 1 aliphatic carbocycles. The molecule has 1 fully saturated rings. The minimum atomic E-state index is -3.81. The van der Waals surface area contributed by atoms with Crippen molar-refractivity contribution in [3.63, 3.8) is 0 Å². The Bertz CT molecular complexity index is 754. The lowest BCUT2D eigenvalue weighted by atomic mass is 9.84. The van der Waals surface area contributed by atoms with Crippen molar-refractivity contribution in [3.05, 3.63) is 24.3 Å². The van der Waals surface area contributed by atoms with Crippen LogP contribution in [0.25, 0.3) is 0 Å². The van der Waals surface area contributed by atoms with Gasteiger partial charge in [-0.3, -0.25) is 0 Å². The minimum absolute atomic E-state index is 0.0230. The van der Waals surface area contributed by atoms with E-state index in [1.54, 1.807) is 0 Å². The zero-order valence-corrected chi connectivity index (χ0v) is 15.6. The van der Waals surface area contributed by atoms with Gasteiger partial charge in [0.05, 0.1) is 15.5 Å². The summed E-state index contributed by atoms with van der Waals surface area (Å²) in [7, 11) is -7.26. The summed E-state index contributed by atoms with van der Waals surface area (Å²) in [5.41, 5.74) is 5.79. The Morgan fingerprint density at radius 1 is 1.12 bits per heavy atom. The Labute approximate surface area is 144 Å². The molecule has 1 saturated carbocycles. The van der Waals surface area contributed by atoms with Gasteiger partial charge in [0.1, 0.15) is 0 Å². The maximum Gasteiger partial charge on any atom is 0.240 e. The maximum atomic E-state index is 12.7. The Kier molecular flexibility index (Phi) is 6.41. The van der Waals surface area contributed by atoms with Crippen LogP contribution in [0.3, 0.4) is 0 Å². The molecule has 1 aliphatic rings. The molecule has 1 aromatic carbocycles. The normalized spacial score (nSPS) is 18.4. The smallest absolute Gasteiger partial charge is 0.240 e. The topological polar surface area (TPSA) is 106 Å². The van der Waals surface area contributed by atoms with Crippen molar-refractivity contribution in [1.29, 1.82) is 0 Å². The van der Waals surface area contributed by atoms with Crippen molar-refractivity contribution in [2.75, 3.05) is 12.3 Å². The van der Waals surface area contributed by atoms with Crippen molar-refractivity contribution >= 4 is 19.9 Å². The fourth-order valence-electron chi connectivity index (χ4n) is 3.14. The van der Waals surface area contributed by atoms with Crippen molar-refractivity contribution in [3.8, 4) is 0 Å². The first kappa shape index (κ1) is 19.4. The molecular formula is C16H26N2O4S2. The highest BCUT2D eigenvalue weighted by atomic mass is 32.2. The summed E-state index contributed by atoms with van der Waals surface area (Å²) >= 11 is 0. The third-order valence-corrected chi connectivity index (χ3v) is 7.85. The largest absolute Gasteiger partial charge is 0.329 e. The summed E-state index contributed by atoms with van der Waals surface area (Å²) in [4.78, 5) is -0.0128. The Morgan fingerprint density at radius 2 is 1.75 bits per heavy atom. The van der Waals surface area contributed by atoms with Crippen LogP contribution in [0.4, 0.5) is 0 Å². The molecule has 0 radical (unpaired) electrons. The van der Waals surface area contributed by atoms with Crippen LogP contribution in [0, 0.1) is 5.92 Å². The lowest BCUT2D eigenvalue weighted by Gasteiger charge is -2.29. The fraction of sp³-hybridized carbons (Fsp3) is 0.625. The SMILES string of the molecule is CCS(=O)(=O)c1cccc(S(=O)(=O)NC(CN)C2CCCCC2)c1. The van der Waals surface area contributed by atoms with Crippen molar-refractivity contribution < 1.29 is 16.8 Å². The van der Waals surface area contributed by atoms with Crippen LogP contribution in [0.1, 0.15) is 39.0 Å². The summed E-state index contributed by atoms with van der Waals surface area (Å²) < 4.78 is 51.9. The van der Waals surface area contributed by atoms with Gasteiger partial charge in [0.25, 0.3) is 0 Å². The number of sulfone groups is 1. The number of sulfonamides is 1. The van der Waals surface area contributed by atoms with Crippen molar-refractivity contribution in [1.82, 2.24) is 4.72 Å². The van der Waals surface area contributed by atoms with Crippen molar-refractivity contribution in [2.45, 2.75) is 54.9 Å². The van der Waals surface area contributed by atoms with Crippen molar-refractivity contribution in [2.24, 2.45) is 11.7 Å². The van der Waals surface area contributed by atoms with Crippen LogP contribution in [0.15, 0.2) is 34.1 Å². The molecule has 0 amide bonds. The third kappa shape index (κ3) is 4.56. The maximum absolute atomic E-state index is 12.7. The predicted molar refractivity (Wildman–Crippen MR) is 93.9 cm³/mol. The second-order valence-electron chi connectivity index (χ2n) is 6.24. The number of nitrogens with two attached hydrogens (primary N) is 1. The van der Waals surface area contributed by atoms with E-state index in [2.05, 4.69) is 4.72 Å². The van der Waals surface area contributed by atoms with E-state index in [0.29, 0.717) is 0 Å². The molecule has 1 atom stereocenters. The molecule has 0 heterocycles. The Hall–Kier alpha value is -0.960. The summed E-state index contributed by atoms with van der Waals surface area (Å²) in [6.07, 6.45) is 5.29. The quantitative estimate of drug-likeness (QED) is 0.755. The molecule has 136 valence electrons. The van der Waals surface area contributed by atoms with Crippen LogP contribution in [0.2, 0.25) is 0 Å². The van der Waals surface area contributed by atoms with E-state index in [-0.39, 0.29) is 34.0 Å². The molecule has 8 heteroatoms. The van der Waals surface area contributed by atoms with Gasteiger partial charge < -0.3 is 5.73 Å². The van der Waals surface area contributed by atoms with Crippen LogP contribution < -0.4 is 10.5 Å².